The minimum Gasteiger partial charge on any atom is -0.444 e. The molecule has 0 radical (unpaired) electrons. The Labute approximate surface area is 150 Å². The number of carbonyl (C=O) groups excluding carboxylic acids is 2. The van der Waals surface area contributed by atoms with Crippen LogP contribution in [0.2, 0.25) is 0 Å². The van der Waals surface area contributed by atoms with Crippen LogP contribution >= 0.6 is 22.6 Å². The molecule has 1 rings (SSSR count). The number of hydroxylamine groups is 2. The third-order valence-electron chi connectivity index (χ3n) is 2.97. The second-order valence-corrected chi connectivity index (χ2v) is 7.29. The average molecular weight is 434 g/mol. The second-order valence-electron chi connectivity index (χ2n) is 6.13. The molecule has 0 heterocycles. The fraction of sp³-hybridized carbons (Fsp3) is 0.500. The number of hydrogen-bond acceptors (Lipinski definition) is 4. The van der Waals surface area contributed by atoms with E-state index < -0.39 is 5.60 Å². The molecule has 0 N–H and O–H groups in total. The van der Waals surface area contributed by atoms with E-state index in [9.17, 15) is 9.59 Å². The molecule has 2 amide bonds. The van der Waals surface area contributed by atoms with Crippen molar-refractivity contribution in [3.05, 3.63) is 32.9 Å². The molecule has 128 valence electrons. The van der Waals surface area contributed by atoms with E-state index in [4.69, 9.17) is 9.57 Å². The molecule has 0 aromatic heterocycles. The van der Waals surface area contributed by atoms with Crippen molar-refractivity contribution in [2.75, 3.05) is 21.2 Å². The minimum atomic E-state index is -0.528. The van der Waals surface area contributed by atoms with Gasteiger partial charge in [0.1, 0.15) is 5.60 Å². The summed E-state index contributed by atoms with van der Waals surface area (Å²) in [7, 11) is 4.67. The van der Waals surface area contributed by atoms with Crippen LogP contribution in [0.15, 0.2) is 18.2 Å². The molecule has 6 nitrogen and oxygen atoms in total. The molecule has 0 aliphatic carbocycles. The van der Waals surface area contributed by atoms with Crippen molar-refractivity contribution in [3.63, 3.8) is 0 Å². The number of carbonyl (C=O) groups is 2. The molecule has 0 aliphatic rings. The van der Waals surface area contributed by atoms with Gasteiger partial charge in [-0.3, -0.25) is 9.63 Å². The highest BCUT2D eigenvalue weighted by Gasteiger charge is 2.20. The van der Waals surface area contributed by atoms with Gasteiger partial charge in [0.25, 0.3) is 5.91 Å². The zero-order valence-corrected chi connectivity index (χ0v) is 16.5. The van der Waals surface area contributed by atoms with Crippen LogP contribution in [0, 0.1) is 3.57 Å². The van der Waals surface area contributed by atoms with Crippen LogP contribution in [0.4, 0.5) is 4.79 Å². The van der Waals surface area contributed by atoms with Gasteiger partial charge in [0, 0.05) is 29.8 Å². The first kappa shape index (κ1) is 19.7. The predicted molar refractivity (Wildman–Crippen MR) is 96.0 cm³/mol. The Morgan fingerprint density at radius 2 is 1.83 bits per heavy atom. The van der Waals surface area contributed by atoms with Gasteiger partial charge in [-0.2, -0.15) is 0 Å². The maximum Gasteiger partial charge on any atom is 0.410 e. The molecular weight excluding hydrogens is 411 g/mol. The maximum absolute atomic E-state index is 12.0. The third kappa shape index (κ3) is 5.98. The Morgan fingerprint density at radius 3 is 2.30 bits per heavy atom. The fourth-order valence-electron chi connectivity index (χ4n) is 1.73. The summed E-state index contributed by atoms with van der Waals surface area (Å²) in [4.78, 5) is 30.4. The van der Waals surface area contributed by atoms with Gasteiger partial charge in [0.15, 0.2) is 0 Å². The summed E-state index contributed by atoms with van der Waals surface area (Å²) in [6.07, 6.45) is -0.382. The molecule has 0 atom stereocenters. The molecule has 0 aliphatic heterocycles. The zero-order chi connectivity index (χ0) is 17.8. The van der Waals surface area contributed by atoms with Crippen LogP contribution in [-0.4, -0.2) is 48.8 Å². The van der Waals surface area contributed by atoms with Gasteiger partial charge in [-0.05, 0) is 61.1 Å². The molecule has 0 saturated carbocycles. The van der Waals surface area contributed by atoms with Crippen LogP contribution < -0.4 is 0 Å². The van der Waals surface area contributed by atoms with Gasteiger partial charge in [0.05, 0.1) is 7.11 Å². The number of hydrogen-bond donors (Lipinski definition) is 0. The summed E-state index contributed by atoms with van der Waals surface area (Å²) in [6, 6.07) is 5.33. The molecule has 0 saturated heterocycles. The van der Waals surface area contributed by atoms with E-state index in [0.29, 0.717) is 12.1 Å². The van der Waals surface area contributed by atoms with Crippen LogP contribution in [0.3, 0.4) is 0 Å². The normalized spacial score (nSPS) is 11.1. The van der Waals surface area contributed by atoms with Crippen LogP contribution in [0.5, 0.6) is 0 Å². The first-order valence-corrected chi connectivity index (χ1v) is 8.17. The van der Waals surface area contributed by atoms with E-state index in [0.717, 1.165) is 14.2 Å². The maximum atomic E-state index is 12.0. The summed E-state index contributed by atoms with van der Waals surface area (Å²) in [5.74, 6) is -0.225. The zero-order valence-electron chi connectivity index (χ0n) is 14.3. The lowest BCUT2D eigenvalue weighted by atomic mass is 10.1. The molecule has 0 bridgehead atoms. The van der Waals surface area contributed by atoms with E-state index in [1.54, 1.807) is 26.2 Å². The standard InChI is InChI=1S/C16H23IN2O4/c1-16(2,3)23-15(21)18(4)10-12-8-7-11(9-13(12)17)14(20)19(5)22-6/h7-9H,10H2,1-6H3. The van der Waals surface area contributed by atoms with Gasteiger partial charge in [0.2, 0.25) is 0 Å². The molecule has 0 fully saturated rings. The fourth-order valence-corrected chi connectivity index (χ4v) is 2.42. The minimum absolute atomic E-state index is 0.225. The van der Waals surface area contributed by atoms with Crippen molar-refractivity contribution in [3.8, 4) is 0 Å². The summed E-state index contributed by atoms with van der Waals surface area (Å²) in [5.41, 5.74) is 0.942. The number of halogens is 1. The van der Waals surface area contributed by atoms with Gasteiger partial charge < -0.3 is 9.64 Å². The molecule has 1 aromatic carbocycles. The van der Waals surface area contributed by atoms with E-state index in [-0.39, 0.29) is 12.0 Å². The van der Waals surface area contributed by atoms with Crippen molar-refractivity contribution in [1.29, 1.82) is 0 Å². The van der Waals surface area contributed by atoms with Crippen LogP contribution in [-0.2, 0) is 16.1 Å². The van der Waals surface area contributed by atoms with Crippen molar-refractivity contribution in [1.82, 2.24) is 9.96 Å². The topological polar surface area (TPSA) is 59.1 Å². The Balaban J connectivity index is 2.83. The molecule has 23 heavy (non-hydrogen) atoms. The van der Waals surface area contributed by atoms with Gasteiger partial charge >= 0.3 is 6.09 Å². The second kappa shape index (κ2) is 7.96. The lowest BCUT2D eigenvalue weighted by molar-refractivity contribution is -0.0757. The van der Waals surface area contributed by atoms with Crippen LogP contribution in [0.25, 0.3) is 0 Å². The lowest BCUT2D eigenvalue weighted by Gasteiger charge is -2.25. The predicted octanol–water partition coefficient (Wildman–Crippen LogP) is 3.29. The van der Waals surface area contributed by atoms with E-state index in [1.807, 2.05) is 26.8 Å². The van der Waals surface area contributed by atoms with Crippen molar-refractivity contribution < 1.29 is 19.2 Å². The Hall–Kier alpha value is -1.35. The Kier molecular flexibility index (Phi) is 6.82. The molecule has 0 spiro atoms. The van der Waals surface area contributed by atoms with E-state index in [1.165, 1.54) is 12.0 Å². The van der Waals surface area contributed by atoms with E-state index >= 15 is 0 Å². The summed E-state index contributed by atoms with van der Waals surface area (Å²) in [5, 5.41) is 1.16. The highest BCUT2D eigenvalue weighted by molar-refractivity contribution is 14.1. The quantitative estimate of drug-likeness (QED) is 0.539. The lowest BCUT2D eigenvalue weighted by Crippen LogP contribution is -2.34. The van der Waals surface area contributed by atoms with Gasteiger partial charge in [-0.25, -0.2) is 9.86 Å². The van der Waals surface area contributed by atoms with Gasteiger partial charge in [-0.15, -0.1) is 0 Å². The first-order chi connectivity index (χ1) is 10.5. The Morgan fingerprint density at radius 1 is 1.22 bits per heavy atom. The molecule has 1 aromatic rings. The number of ether oxygens (including phenoxy) is 1. The number of rotatable bonds is 4. The van der Waals surface area contributed by atoms with Crippen molar-refractivity contribution >= 4 is 34.6 Å². The molecular formula is C16H23IN2O4. The molecule has 0 unspecified atom stereocenters. The number of amides is 2. The summed E-state index contributed by atoms with van der Waals surface area (Å²) in [6.45, 7) is 5.89. The SMILES string of the molecule is CON(C)C(=O)c1ccc(CN(C)C(=O)OC(C)(C)C)c(I)c1. The molecule has 7 heteroatoms. The monoisotopic (exact) mass is 434 g/mol. The Bertz CT molecular complexity index is 584. The highest BCUT2D eigenvalue weighted by atomic mass is 127. The van der Waals surface area contributed by atoms with Crippen molar-refractivity contribution in [2.24, 2.45) is 0 Å². The van der Waals surface area contributed by atoms with Crippen LogP contribution in [0.1, 0.15) is 36.7 Å². The number of benzene rings is 1. The average Bonchev–Trinajstić information content (AvgIpc) is 2.45. The van der Waals surface area contributed by atoms with Crippen molar-refractivity contribution in [2.45, 2.75) is 32.9 Å². The largest absolute Gasteiger partial charge is 0.444 e. The summed E-state index contributed by atoms with van der Waals surface area (Å²) >= 11 is 2.15. The highest BCUT2D eigenvalue weighted by Crippen LogP contribution is 2.18. The van der Waals surface area contributed by atoms with E-state index in [2.05, 4.69) is 22.6 Å². The van der Waals surface area contributed by atoms with Gasteiger partial charge in [-0.1, -0.05) is 6.07 Å². The smallest absolute Gasteiger partial charge is 0.410 e. The third-order valence-corrected chi connectivity index (χ3v) is 3.98. The number of nitrogens with zero attached hydrogens (tertiary/aromatic N) is 2. The first-order valence-electron chi connectivity index (χ1n) is 7.10. The summed E-state index contributed by atoms with van der Waals surface area (Å²) < 4.78 is 6.22.